The Balaban J connectivity index is 1.77. The fraction of sp³-hybridized carbons (Fsp3) is 0.130. The first-order chi connectivity index (χ1) is 15.3. The van der Waals surface area contributed by atoms with Gasteiger partial charge in [-0.1, -0.05) is 46.3 Å². The topological polar surface area (TPSA) is 82.1 Å². The Bertz CT molecular complexity index is 1180. The summed E-state index contributed by atoms with van der Waals surface area (Å²) in [6.45, 7) is -0.421. The van der Waals surface area contributed by atoms with Crippen LogP contribution >= 0.6 is 15.9 Å². The predicted molar refractivity (Wildman–Crippen MR) is 132 cm³/mol. The van der Waals surface area contributed by atoms with Crippen molar-refractivity contribution >= 4 is 49.4 Å². The molecule has 0 heterocycles. The van der Waals surface area contributed by atoms with Crippen molar-refractivity contribution in [2.75, 3.05) is 29.8 Å². The highest BCUT2D eigenvalue weighted by atomic mass is 79.9. The summed E-state index contributed by atoms with van der Waals surface area (Å²) in [6, 6.07) is 22.3. The minimum Gasteiger partial charge on any atom is -0.378 e. The Morgan fingerprint density at radius 2 is 1.53 bits per heavy atom. The molecule has 0 unspecified atom stereocenters. The zero-order chi connectivity index (χ0) is 23.1. The van der Waals surface area contributed by atoms with Crippen molar-refractivity contribution in [3.63, 3.8) is 0 Å². The van der Waals surface area contributed by atoms with Crippen molar-refractivity contribution in [3.8, 4) is 0 Å². The molecule has 0 aliphatic rings. The largest absolute Gasteiger partial charge is 0.378 e. The summed E-state index contributed by atoms with van der Waals surface area (Å²) < 4.78 is 28.3. The highest BCUT2D eigenvalue weighted by molar-refractivity contribution is 9.10. The fourth-order valence-electron chi connectivity index (χ4n) is 2.85. The van der Waals surface area contributed by atoms with E-state index in [0.29, 0.717) is 5.69 Å². The van der Waals surface area contributed by atoms with Gasteiger partial charge in [0.2, 0.25) is 0 Å². The van der Waals surface area contributed by atoms with Gasteiger partial charge in [-0.15, -0.1) is 0 Å². The zero-order valence-electron chi connectivity index (χ0n) is 17.6. The van der Waals surface area contributed by atoms with E-state index in [-0.39, 0.29) is 4.90 Å². The lowest BCUT2D eigenvalue weighted by Crippen LogP contribution is -2.39. The molecule has 7 nitrogen and oxygen atoms in total. The second-order valence-electron chi connectivity index (χ2n) is 7.08. The third-order valence-corrected chi connectivity index (χ3v) is 6.86. The molecule has 0 radical (unpaired) electrons. The lowest BCUT2D eigenvalue weighted by Gasteiger charge is -2.23. The average Bonchev–Trinajstić information content (AvgIpc) is 2.79. The average molecular weight is 515 g/mol. The Hall–Kier alpha value is -3.17. The van der Waals surface area contributed by atoms with Crippen molar-refractivity contribution in [3.05, 3.63) is 88.9 Å². The summed E-state index contributed by atoms with van der Waals surface area (Å²) in [6.07, 6.45) is 1.51. The predicted octanol–water partition coefficient (Wildman–Crippen LogP) is 3.86. The molecule has 3 aromatic carbocycles. The van der Waals surface area contributed by atoms with Gasteiger partial charge in [0.15, 0.2) is 0 Å². The highest BCUT2D eigenvalue weighted by Gasteiger charge is 2.27. The smallest absolute Gasteiger partial charge is 0.264 e. The van der Waals surface area contributed by atoms with Crippen LogP contribution in [0.2, 0.25) is 0 Å². The first-order valence-corrected chi connectivity index (χ1v) is 11.9. The Kier molecular flexibility index (Phi) is 7.66. The number of halogens is 1. The van der Waals surface area contributed by atoms with Crippen LogP contribution in [-0.2, 0) is 14.8 Å². The first-order valence-electron chi connectivity index (χ1n) is 9.70. The van der Waals surface area contributed by atoms with E-state index in [1.165, 1.54) is 18.3 Å². The van der Waals surface area contributed by atoms with Gasteiger partial charge in [0, 0.05) is 24.3 Å². The monoisotopic (exact) mass is 514 g/mol. The quantitative estimate of drug-likeness (QED) is 0.365. The van der Waals surface area contributed by atoms with E-state index >= 15 is 0 Å². The molecule has 1 amide bonds. The van der Waals surface area contributed by atoms with Crippen LogP contribution in [0.1, 0.15) is 5.56 Å². The van der Waals surface area contributed by atoms with Gasteiger partial charge in [0.25, 0.3) is 15.9 Å². The van der Waals surface area contributed by atoms with Crippen LogP contribution in [-0.4, -0.2) is 41.2 Å². The molecule has 166 valence electrons. The summed E-state index contributed by atoms with van der Waals surface area (Å²) >= 11 is 3.34. The van der Waals surface area contributed by atoms with Crippen LogP contribution in [0.5, 0.6) is 0 Å². The molecule has 0 atom stereocenters. The van der Waals surface area contributed by atoms with Gasteiger partial charge in [-0.3, -0.25) is 9.10 Å². The summed E-state index contributed by atoms with van der Waals surface area (Å²) in [4.78, 5) is 14.6. The van der Waals surface area contributed by atoms with E-state index in [1.807, 2.05) is 43.3 Å². The van der Waals surface area contributed by atoms with E-state index in [4.69, 9.17) is 0 Å². The number of hydrogen-bond donors (Lipinski definition) is 1. The molecule has 0 bridgehead atoms. The maximum absolute atomic E-state index is 13.2. The molecule has 0 saturated carbocycles. The summed E-state index contributed by atoms with van der Waals surface area (Å²) in [5, 5.41) is 3.96. The van der Waals surface area contributed by atoms with E-state index in [1.54, 1.807) is 42.5 Å². The SMILES string of the molecule is CN(C)c1ccc(/C=N\NC(=O)CN(c2ccc(Br)cc2)S(=O)(=O)c2ccccc2)cc1. The lowest BCUT2D eigenvalue weighted by atomic mass is 10.2. The minimum atomic E-state index is -3.95. The Morgan fingerprint density at radius 3 is 2.12 bits per heavy atom. The fourth-order valence-corrected chi connectivity index (χ4v) is 4.55. The number of nitrogens with zero attached hydrogens (tertiary/aromatic N) is 3. The lowest BCUT2D eigenvalue weighted by molar-refractivity contribution is -0.119. The van der Waals surface area contributed by atoms with Gasteiger partial charge in [-0.25, -0.2) is 13.8 Å². The molecular formula is C23H23BrN4O3S. The molecule has 32 heavy (non-hydrogen) atoms. The molecule has 9 heteroatoms. The number of hydrazone groups is 1. The number of rotatable bonds is 8. The molecule has 0 aliphatic heterocycles. The van der Waals surface area contributed by atoms with Crippen molar-refractivity contribution in [2.24, 2.45) is 5.10 Å². The second kappa shape index (κ2) is 10.4. The maximum atomic E-state index is 13.2. The maximum Gasteiger partial charge on any atom is 0.264 e. The van der Waals surface area contributed by atoms with Crippen LogP contribution in [0.4, 0.5) is 11.4 Å². The van der Waals surface area contributed by atoms with Gasteiger partial charge in [0.1, 0.15) is 6.54 Å². The number of carbonyl (C=O) groups excluding carboxylic acids is 1. The summed E-state index contributed by atoms with van der Waals surface area (Å²) in [7, 11) is -0.0547. The van der Waals surface area contributed by atoms with Gasteiger partial charge < -0.3 is 4.90 Å². The standard InChI is InChI=1S/C23H23BrN4O3S/c1-27(2)20-12-8-18(9-13-20)16-25-26-23(29)17-28(21-14-10-19(24)11-15-21)32(30,31)22-6-4-3-5-7-22/h3-16H,17H2,1-2H3,(H,26,29)/b25-16-. The molecule has 1 N–H and O–H groups in total. The third kappa shape index (κ3) is 5.95. The van der Waals surface area contributed by atoms with Gasteiger partial charge in [0.05, 0.1) is 16.8 Å². The first kappa shape index (κ1) is 23.5. The second-order valence-corrected chi connectivity index (χ2v) is 9.86. The van der Waals surface area contributed by atoms with Crippen molar-refractivity contribution in [1.29, 1.82) is 0 Å². The van der Waals surface area contributed by atoms with Crippen molar-refractivity contribution in [1.82, 2.24) is 5.43 Å². The van der Waals surface area contributed by atoms with E-state index in [9.17, 15) is 13.2 Å². The zero-order valence-corrected chi connectivity index (χ0v) is 20.0. The number of anilines is 2. The molecule has 0 aliphatic carbocycles. The number of hydrogen-bond acceptors (Lipinski definition) is 5. The van der Waals surface area contributed by atoms with E-state index < -0.39 is 22.5 Å². The number of sulfonamides is 1. The van der Waals surface area contributed by atoms with Crippen LogP contribution < -0.4 is 14.6 Å². The normalized spacial score (nSPS) is 11.3. The van der Waals surface area contributed by atoms with Crippen LogP contribution in [0.3, 0.4) is 0 Å². The van der Waals surface area contributed by atoms with Gasteiger partial charge in [-0.05, 0) is 54.1 Å². The molecular weight excluding hydrogens is 492 g/mol. The minimum absolute atomic E-state index is 0.0974. The van der Waals surface area contributed by atoms with Crippen LogP contribution in [0.15, 0.2) is 93.3 Å². The molecule has 0 saturated heterocycles. The van der Waals surface area contributed by atoms with Crippen LogP contribution in [0.25, 0.3) is 0 Å². The Labute approximate surface area is 196 Å². The molecule has 0 fully saturated rings. The summed E-state index contributed by atoms with van der Waals surface area (Å²) in [5.74, 6) is -0.561. The van der Waals surface area contributed by atoms with Crippen molar-refractivity contribution < 1.29 is 13.2 Å². The van der Waals surface area contributed by atoms with Crippen LogP contribution in [0, 0.1) is 0 Å². The summed E-state index contributed by atoms with van der Waals surface area (Å²) in [5.41, 5.74) is 4.63. The van der Waals surface area contributed by atoms with E-state index in [0.717, 1.165) is 20.0 Å². The number of amides is 1. The van der Waals surface area contributed by atoms with Gasteiger partial charge in [-0.2, -0.15) is 5.10 Å². The van der Waals surface area contributed by atoms with Crippen molar-refractivity contribution in [2.45, 2.75) is 4.90 Å². The number of nitrogens with one attached hydrogen (secondary N) is 1. The third-order valence-electron chi connectivity index (χ3n) is 4.55. The molecule has 0 spiro atoms. The highest BCUT2D eigenvalue weighted by Crippen LogP contribution is 2.25. The molecule has 3 aromatic rings. The van der Waals surface area contributed by atoms with E-state index in [2.05, 4.69) is 26.5 Å². The van der Waals surface area contributed by atoms with Gasteiger partial charge >= 0.3 is 0 Å². The number of carbonyl (C=O) groups is 1. The Morgan fingerprint density at radius 1 is 0.938 bits per heavy atom. The number of benzene rings is 3. The molecule has 3 rings (SSSR count). The molecule has 0 aromatic heterocycles.